The number of para-hydroxylation sites is 1. The lowest BCUT2D eigenvalue weighted by Crippen LogP contribution is -2.13. The Morgan fingerprint density at radius 1 is 1.11 bits per heavy atom. The molecule has 2 rings (SSSR count). The monoisotopic (exact) mass is 353 g/mol. The molecule has 0 aliphatic rings. The van der Waals surface area contributed by atoms with E-state index < -0.39 is 0 Å². The van der Waals surface area contributed by atoms with Crippen molar-refractivity contribution >= 4 is 22.6 Å². The molecule has 3 heteroatoms. The second kappa shape index (κ2) is 6.20. The van der Waals surface area contributed by atoms with Crippen LogP contribution in [0, 0.1) is 3.57 Å². The summed E-state index contributed by atoms with van der Waals surface area (Å²) < 4.78 is 6.57. The maximum Gasteiger partial charge on any atom is 0.122 e. The normalized spacial score (nSPS) is 12.2. The first-order valence-electron chi connectivity index (χ1n) is 5.83. The molecule has 0 aliphatic carbocycles. The number of hydrogen-bond donors (Lipinski definition) is 1. The van der Waals surface area contributed by atoms with Crippen molar-refractivity contribution in [2.75, 3.05) is 7.11 Å². The second-order valence-electron chi connectivity index (χ2n) is 4.17. The Hall–Kier alpha value is -1.07. The summed E-state index contributed by atoms with van der Waals surface area (Å²) in [7, 11) is 1.69. The minimum absolute atomic E-state index is 0.00157. The van der Waals surface area contributed by atoms with Gasteiger partial charge >= 0.3 is 0 Å². The van der Waals surface area contributed by atoms with Crippen molar-refractivity contribution in [2.24, 2.45) is 5.73 Å². The van der Waals surface area contributed by atoms with Crippen LogP contribution in [0.2, 0.25) is 0 Å². The van der Waals surface area contributed by atoms with Gasteiger partial charge in [0.2, 0.25) is 0 Å². The zero-order chi connectivity index (χ0) is 13.0. The van der Waals surface area contributed by atoms with Crippen molar-refractivity contribution in [3.8, 4) is 5.75 Å². The van der Waals surface area contributed by atoms with Gasteiger partial charge in [-0.3, -0.25) is 0 Å². The Balaban J connectivity index is 2.15. The van der Waals surface area contributed by atoms with Crippen LogP contribution in [0.25, 0.3) is 0 Å². The summed E-state index contributed by atoms with van der Waals surface area (Å²) in [6.45, 7) is 0. The van der Waals surface area contributed by atoms with Crippen LogP contribution < -0.4 is 10.5 Å². The molecule has 2 aromatic rings. The Bertz CT molecular complexity index is 510. The van der Waals surface area contributed by atoms with Crippen LogP contribution in [-0.2, 0) is 6.42 Å². The molecule has 0 spiro atoms. The van der Waals surface area contributed by atoms with Crippen LogP contribution in [0.15, 0.2) is 48.5 Å². The highest BCUT2D eigenvalue weighted by molar-refractivity contribution is 14.1. The Kier molecular flexibility index (Phi) is 4.60. The molecule has 0 amide bonds. The van der Waals surface area contributed by atoms with Gasteiger partial charge in [0.05, 0.1) is 7.11 Å². The summed E-state index contributed by atoms with van der Waals surface area (Å²) in [5, 5.41) is 0. The molecule has 1 atom stereocenters. The zero-order valence-corrected chi connectivity index (χ0v) is 12.4. The number of ether oxygens (including phenoxy) is 1. The summed E-state index contributed by atoms with van der Waals surface area (Å²) in [6.07, 6.45) is 0.782. The summed E-state index contributed by atoms with van der Waals surface area (Å²) >= 11 is 2.29. The predicted molar refractivity (Wildman–Crippen MR) is 82.8 cm³/mol. The molecule has 0 aromatic heterocycles. The van der Waals surface area contributed by atoms with Crippen molar-refractivity contribution < 1.29 is 4.74 Å². The fourth-order valence-electron chi connectivity index (χ4n) is 1.94. The van der Waals surface area contributed by atoms with E-state index in [0.29, 0.717) is 0 Å². The Morgan fingerprint density at radius 3 is 2.44 bits per heavy atom. The fraction of sp³-hybridized carbons (Fsp3) is 0.200. The molecular formula is C15H16INO. The van der Waals surface area contributed by atoms with E-state index in [-0.39, 0.29) is 6.04 Å². The van der Waals surface area contributed by atoms with Gasteiger partial charge in [0, 0.05) is 9.61 Å². The van der Waals surface area contributed by atoms with Crippen molar-refractivity contribution in [1.82, 2.24) is 0 Å². The van der Waals surface area contributed by atoms with E-state index >= 15 is 0 Å². The molecule has 0 saturated heterocycles. The van der Waals surface area contributed by atoms with Gasteiger partial charge in [0.1, 0.15) is 5.75 Å². The van der Waals surface area contributed by atoms with Crippen molar-refractivity contribution in [2.45, 2.75) is 12.5 Å². The Morgan fingerprint density at radius 2 is 1.78 bits per heavy atom. The van der Waals surface area contributed by atoms with Gasteiger partial charge < -0.3 is 10.5 Å². The Labute approximate surface area is 121 Å². The standard InChI is InChI=1S/C15H16INO/c1-18-15-5-3-2-4-12(15)10-14(17)11-6-8-13(16)9-7-11/h2-9,14H,10,17H2,1H3. The lowest BCUT2D eigenvalue weighted by atomic mass is 9.99. The molecule has 0 aliphatic heterocycles. The molecule has 2 N–H and O–H groups in total. The maximum atomic E-state index is 6.24. The van der Waals surface area contributed by atoms with E-state index in [1.165, 1.54) is 3.57 Å². The van der Waals surface area contributed by atoms with E-state index in [9.17, 15) is 0 Å². The van der Waals surface area contributed by atoms with Gasteiger partial charge in [-0.05, 0) is 58.3 Å². The minimum atomic E-state index is -0.00157. The van der Waals surface area contributed by atoms with Gasteiger partial charge in [0.15, 0.2) is 0 Å². The summed E-state index contributed by atoms with van der Waals surface area (Å²) in [4.78, 5) is 0. The smallest absolute Gasteiger partial charge is 0.122 e. The van der Waals surface area contributed by atoms with Crippen molar-refractivity contribution in [1.29, 1.82) is 0 Å². The molecular weight excluding hydrogens is 337 g/mol. The third-order valence-corrected chi connectivity index (χ3v) is 3.65. The molecule has 0 fully saturated rings. The first-order chi connectivity index (χ1) is 8.70. The third kappa shape index (κ3) is 3.23. The molecule has 0 heterocycles. The average molecular weight is 353 g/mol. The van der Waals surface area contributed by atoms with Crippen LogP contribution in [-0.4, -0.2) is 7.11 Å². The van der Waals surface area contributed by atoms with Crippen molar-refractivity contribution in [3.05, 3.63) is 63.2 Å². The van der Waals surface area contributed by atoms with Gasteiger partial charge in [0.25, 0.3) is 0 Å². The van der Waals surface area contributed by atoms with E-state index in [1.807, 2.05) is 18.2 Å². The second-order valence-corrected chi connectivity index (χ2v) is 5.42. The molecule has 18 heavy (non-hydrogen) atoms. The number of methoxy groups -OCH3 is 1. The number of hydrogen-bond acceptors (Lipinski definition) is 2. The van der Waals surface area contributed by atoms with Crippen LogP contribution in [0.1, 0.15) is 17.2 Å². The molecule has 0 radical (unpaired) electrons. The van der Waals surface area contributed by atoms with Gasteiger partial charge in [-0.25, -0.2) is 0 Å². The average Bonchev–Trinajstić information content (AvgIpc) is 2.40. The molecule has 0 saturated carbocycles. The fourth-order valence-corrected chi connectivity index (χ4v) is 2.30. The van der Waals surface area contributed by atoms with Gasteiger partial charge in [-0.1, -0.05) is 30.3 Å². The molecule has 2 aromatic carbocycles. The van der Waals surface area contributed by atoms with Crippen molar-refractivity contribution in [3.63, 3.8) is 0 Å². The van der Waals surface area contributed by atoms with E-state index in [1.54, 1.807) is 7.11 Å². The predicted octanol–water partition coefficient (Wildman–Crippen LogP) is 3.54. The zero-order valence-electron chi connectivity index (χ0n) is 10.3. The largest absolute Gasteiger partial charge is 0.496 e. The van der Waals surface area contributed by atoms with Crippen LogP contribution in [0.4, 0.5) is 0 Å². The number of rotatable bonds is 4. The number of halogens is 1. The highest BCUT2D eigenvalue weighted by Gasteiger charge is 2.10. The minimum Gasteiger partial charge on any atom is -0.496 e. The first kappa shape index (κ1) is 13.4. The lowest BCUT2D eigenvalue weighted by molar-refractivity contribution is 0.408. The summed E-state index contributed by atoms with van der Waals surface area (Å²) in [5.74, 6) is 0.901. The van der Waals surface area contributed by atoms with E-state index in [0.717, 1.165) is 23.3 Å². The quantitative estimate of drug-likeness (QED) is 0.854. The number of benzene rings is 2. The lowest BCUT2D eigenvalue weighted by Gasteiger charge is -2.14. The molecule has 2 nitrogen and oxygen atoms in total. The SMILES string of the molecule is COc1ccccc1CC(N)c1ccc(I)cc1. The summed E-state index contributed by atoms with van der Waals surface area (Å²) in [6, 6.07) is 16.3. The maximum absolute atomic E-state index is 6.24. The van der Waals surface area contributed by atoms with Crippen LogP contribution >= 0.6 is 22.6 Å². The molecule has 1 unspecified atom stereocenters. The van der Waals surface area contributed by atoms with Gasteiger partial charge in [-0.2, -0.15) is 0 Å². The highest BCUT2D eigenvalue weighted by atomic mass is 127. The molecule has 94 valence electrons. The molecule has 0 bridgehead atoms. The van der Waals surface area contributed by atoms with Crippen LogP contribution in [0.3, 0.4) is 0 Å². The topological polar surface area (TPSA) is 35.2 Å². The first-order valence-corrected chi connectivity index (χ1v) is 6.91. The number of nitrogens with two attached hydrogens (primary N) is 1. The summed E-state index contributed by atoms with van der Waals surface area (Å²) in [5.41, 5.74) is 8.54. The highest BCUT2D eigenvalue weighted by Crippen LogP contribution is 2.23. The van der Waals surface area contributed by atoms with E-state index in [2.05, 4.69) is 52.9 Å². The van der Waals surface area contributed by atoms with Crippen LogP contribution in [0.5, 0.6) is 5.75 Å². The third-order valence-electron chi connectivity index (χ3n) is 2.93. The van der Waals surface area contributed by atoms with E-state index in [4.69, 9.17) is 10.5 Å². The van der Waals surface area contributed by atoms with Gasteiger partial charge in [-0.15, -0.1) is 0 Å².